The lowest BCUT2D eigenvalue weighted by atomic mass is 10.0. The van der Waals surface area contributed by atoms with Crippen LogP contribution in [0, 0.1) is 11.7 Å². The third-order valence-corrected chi connectivity index (χ3v) is 2.51. The summed E-state index contributed by atoms with van der Waals surface area (Å²) in [5.41, 5.74) is 5.89. The molecular weight excluding hydrogens is 223 g/mol. The zero-order valence-corrected chi connectivity index (χ0v) is 9.90. The first-order chi connectivity index (χ1) is 7.91. The fraction of sp³-hybridized carbons (Fsp3) is 0.417. The monoisotopic (exact) mass is 240 g/mol. The van der Waals surface area contributed by atoms with Gasteiger partial charge in [-0.25, -0.2) is 4.39 Å². The van der Waals surface area contributed by atoms with Crippen LogP contribution >= 0.6 is 0 Å². The molecule has 1 atom stereocenters. The number of nitrogens with two attached hydrogens (primary N) is 1. The van der Waals surface area contributed by atoms with Crippen LogP contribution in [0.15, 0.2) is 18.2 Å². The molecule has 0 saturated heterocycles. The number of amides is 1. The molecule has 0 heterocycles. The minimum atomic E-state index is -0.676. The second-order valence-corrected chi connectivity index (χ2v) is 4.29. The summed E-state index contributed by atoms with van der Waals surface area (Å²) in [6.45, 7) is 4.07. The summed E-state index contributed by atoms with van der Waals surface area (Å²) in [6, 6.07) is 3.64. The minimum absolute atomic E-state index is 0.0643. The van der Waals surface area contributed by atoms with Gasteiger partial charge in [-0.3, -0.25) is 4.79 Å². The topological polar surface area (TPSA) is 75.3 Å². The summed E-state index contributed by atoms with van der Waals surface area (Å²) in [6.07, 6.45) is 0. The highest BCUT2D eigenvalue weighted by Crippen LogP contribution is 2.16. The number of carbonyl (C=O) groups excluding carboxylic acids is 1. The number of nitrogens with one attached hydrogen (secondary N) is 1. The number of rotatable bonds is 5. The summed E-state index contributed by atoms with van der Waals surface area (Å²) < 4.78 is 13.1. The number of phenolic OH excluding ortho intramolecular Hbond substituents is 1. The molecule has 0 aliphatic carbocycles. The SMILES string of the molecule is CC(C)C(NCc1ccc(O)c(F)c1)C(N)=O. The number of aromatic hydroxyl groups is 1. The molecule has 94 valence electrons. The second kappa shape index (κ2) is 5.63. The molecule has 0 aliphatic heterocycles. The fourth-order valence-electron chi connectivity index (χ4n) is 1.55. The Balaban J connectivity index is 2.65. The molecule has 0 aromatic heterocycles. The molecule has 1 amide bonds. The molecule has 1 rings (SSSR count). The Bertz CT molecular complexity index is 407. The Morgan fingerprint density at radius 1 is 1.53 bits per heavy atom. The first-order valence-corrected chi connectivity index (χ1v) is 5.42. The molecule has 0 aliphatic rings. The second-order valence-electron chi connectivity index (χ2n) is 4.29. The lowest BCUT2D eigenvalue weighted by Gasteiger charge is -2.18. The van der Waals surface area contributed by atoms with Crippen molar-refractivity contribution in [3.63, 3.8) is 0 Å². The van der Waals surface area contributed by atoms with Crippen LogP contribution in [0.25, 0.3) is 0 Å². The number of hydrogen-bond acceptors (Lipinski definition) is 3. The summed E-state index contributed by atoms with van der Waals surface area (Å²) >= 11 is 0. The molecular formula is C12H17FN2O2. The van der Waals surface area contributed by atoms with Crippen molar-refractivity contribution in [1.82, 2.24) is 5.32 Å². The lowest BCUT2D eigenvalue weighted by molar-refractivity contribution is -0.121. The van der Waals surface area contributed by atoms with E-state index in [0.29, 0.717) is 12.1 Å². The summed E-state index contributed by atoms with van der Waals surface area (Å²) in [7, 11) is 0. The molecule has 1 aromatic rings. The molecule has 0 saturated carbocycles. The van der Waals surface area contributed by atoms with E-state index in [4.69, 9.17) is 10.8 Å². The van der Waals surface area contributed by atoms with Crippen molar-refractivity contribution in [2.75, 3.05) is 0 Å². The van der Waals surface area contributed by atoms with Gasteiger partial charge in [0.15, 0.2) is 11.6 Å². The number of hydrogen-bond donors (Lipinski definition) is 3. The number of halogens is 1. The third kappa shape index (κ3) is 3.71. The predicted octanol–water partition coefficient (Wildman–Crippen LogP) is 1.13. The average Bonchev–Trinajstić information content (AvgIpc) is 2.22. The van der Waals surface area contributed by atoms with Crippen molar-refractivity contribution in [3.8, 4) is 5.75 Å². The van der Waals surface area contributed by atoms with Gasteiger partial charge in [-0.2, -0.15) is 0 Å². The lowest BCUT2D eigenvalue weighted by Crippen LogP contribution is -2.44. The minimum Gasteiger partial charge on any atom is -0.505 e. The standard InChI is InChI=1S/C12H17FN2O2/c1-7(2)11(12(14)17)15-6-8-3-4-10(16)9(13)5-8/h3-5,7,11,15-16H,6H2,1-2H3,(H2,14,17). The Kier molecular flexibility index (Phi) is 4.45. The first kappa shape index (κ1) is 13.4. The Hall–Kier alpha value is -1.62. The van der Waals surface area contributed by atoms with Gasteiger partial charge in [-0.15, -0.1) is 0 Å². The average molecular weight is 240 g/mol. The van der Waals surface area contributed by atoms with Gasteiger partial charge in [0.05, 0.1) is 6.04 Å². The number of benzene rings is 1. The van der Waals surface area contributed by atoms with Gasteiger partial charge >= 0.3 is 0 Å². The van der Waals surface area contributed by atoms with Crippen LogP contribution in [-0.4, -0.2) is 17.1 Å². The van der Waals surface area contributed by atoms with Gasteiger partial charge in [-0.1, -0.05) is 19.9 Å². The van der Waals surface area contributed by atoms with E-state index < -0.39 is 17.8 Å². The van der Waals surface area contributed by atoms with Crippen LogP contribution in [0.4, 0.5) is 4.39 Å². The molecule has 0 bridgehead atoms. The summed E-state index contributed by atoms with van der Waals surface area (Å²) in [4.78, 5) is 11.1. The van der Waals surface area contributed by atoms with E-state index in [1.54, 1.807) is 6.07 Å². The van der Waals surface area contributed by atoms with Crippen LogP contribution in [-0.2, 0) is 11.3 Å². The zero-order chi connectivity index (χ0) is 13.0. The largest absolute Gasteiger partial charge is 0.505 e. The van der Waals surface area contributed by atoms with Crippen LogP contribution in [0.2, 0.25) is 0 Å². The summed E-state index contributed by atoms with van der Waals surface area (Å²) in [5.74, 6) is -1.43. The van der Waals surface area contributed by atoms with Crippen LogP contribution in [0.3, 0.4) is 0 Å². The van der Waals surface area contributed by atoms with E-state index in [1.165, 1.54) is 12.1 Å². The zero-order valence-electron chi connectivity index (χ0n) is 9.90. The maximum absolute atomic E-state index is 13.1. The van der Waals surface area contributed by atoms with E-state index in [-0.39, 0.29) is 11.7 Å². The molecule has 1 unspecified atom stereocenters. The van der Waals surface area contributed by atoms with Crippen LogP contribution < -0.4 is 11.1 Å². The van der Waals surface area contributed by atoms with Crippen molar-refractivity contribution < 1.29 is 14.3 Å². The molecule has 17 heavy (non-hydrogen) atoms. The maximum Gasteiger partial charge on any atom is 0.234 e. The Morgan fingerprint density at radius 2 is 2.18 bits per heavy atom. The fourth-order valence-corrected chi connectivity index (χ4v) is 1.55. The number of carbonyl (C=O) groups is 1. The van der Waals surface area contributed by atoms with E-state index in [1.807, 2.05) is 13.8 Å². The Labute approximate surface area is 99.6 Å². The molecule has 4 N–H and O–H groups in total. The van der Waals surface area contributed by atoms with Gasteiger partial charge in [-0.05, 0) is 23.6 Å². The molecule has 1 aromatic carbocycles. The highest BCUT2D eigenvalue weighted by atomic mass is 19.1. The number of phenols is 1. The van der Waals surface area contributed by atoms with Gasteiger partial charge in [0.1, 0.15) is 0 Å². The van der Waals surface area contributed by atoms with E-state index in [2.05, 4.69) is 5.32 Å². The van der Waals surface area contributed by atoms with Crippen LogP contribution in [0.5, 0.6) is 5.75 Å². The highest BCUT2D eigenvalue weighted by Gasteiger charge is 2.18. The van der Waals surface area contributed by atoms with E-state index in [0.717, 1.165) is 0 Å². The van der Waals surface area contributed by atoms with Crippen LogP contribution in [0.1, 0.15) is 19.4 Å². The van der Waals surface area contributed by atoms with Gasteiger partial charge in [0.25, 0.3) is 0 Å². The smallest absolute Gasteiger partial charge is 0.234 e. The Morgan fingerprint density at radius 3 is 2.65 bits per heavy atom. The molecule has 0 radical (unpaired) electrons. The van der Waals surface area contributed by atoms with Crippen molar-refractivity contribution in [1.29, 1.82) is 0 Å². The highest BCUT2D eigenvalue weighted by molar-refractivity contribution is 5.80. The van der Waals surface area contributed by atoms with E-state index in [9.17, 15) is 9.18 Å². The quantitative estimate of drug-likeness (QED) is 0.722. The molecule has 4 nitrogen and oxygen atoms in total. The predicted molar refractivity (Wildman–Crippen MR) is 62.7 cm³/mol. The van der Waals surface area contributed by atoms with Gasteiger partial charge in [0, 0.05) is 6.54 Å². The third-order valence-electron chi connectivity index (χ3n) is 2.51. The first-order valence-electron chi connectivity index (χ1n) is 5.42. The van der Waals surface area contributed by atoms with Crippen molar-refractivity contribution >= 4 is 5.91 Å². The number of primary amides is 1. The van der Waals surface area contributed by atoms with Crippen molar-refractivity contribution in [3.05, 3.63) is 29.6 Å². The maximum atomic E-state index is 13.1. The summed E-state index contributed by atoms with van der Waals surface area (Å²) in [5, 5.41) is 12.0. The molecule has 5 heteroatoms. The van der Waals surface area contributed by atoms with Gasteiger partial charge in [0.2, 0.25) is 5.91 Å². The van der Waals surface area contributed by atoms with E-state index >= 15 is 0 Å². The van der Waals surface area contributed by atoms with Gasteiger partial charge < -0.3 is 16.2 Å². The van der Waals surface area contributed by atoms with Crippen molar-refractivity contribution in [2.24, 2.45) is 11.7 Å². The molecule has 0 spiro atoms. The molecule has 0 fully saturated rings. The normalized spacial score (nSPS) is 12.7. The van der Waals surface area contributed by atoms with Crippen molar-refractivity contribution in [2.45, 2.75) is 26.4 Å².